The van der Waals surface area contributed by atoms with Crippen molar-refractivity contribution in [2.45, 2.75) is 0 Å². The first-order chi connectivity index (χ1) is 4.97. The largest absolute Gasteiger partial charge is 0.263 e. The van der Waals surface area contributed by atoms with E-state index in [0.717, 1.165) is 10.8 Å². The highest BCUT2D eigenvalue weighted by Gasteiger charge is 1.87. The second-order valence-electron chi connectivity index (χ2n) is 2.05. The predicted octanol–water partition coefficient (Wildman–Crippen LogP) is 1.84. The molecule has 2 rings (SSSR count). The van der Waals surface area contributed by atoms with Gasteiger partial charge in [-0.1, -0.05) is 18.2 Å². The van der Waals surface area contributed by atoms with Crippen LogP contribution >= 0.6 is 0 Å². The molecule has 1 nitrogen and oxygen atoms in total. The Bertz CT molecular complexity index is 276. The molecule has 0 aliphatic rings. The lowest BCUT2D eigenvalue weighted by atomic mass is 10.2. The lowest BCUT2D eigenvalue weighted by Crippen LogP contribution is -1.72. The van der Waals surface area contributed by atoms with Gasteiger partial charge in [0.25, 0.3) is 0 Å². The van der Waals surface area contributed by atoms with Gasteiger partial charge in [-0.25, -0.2) is 0 Å². The van der Waals surface area contributed by atoms with E-state index in [0.29, 0.717) is 0 Å². The number of pyridine rings is 1. The van der Waals surface area contributed by atoms with Crippen LogP contribution in [0.25, 0.3) is 10.8 Å². The molecule has 0 saturated carbocycles. The zero-order valence-electron chi connectivity index (χ0n) is 5.33. The summed E-state index contributed by atoms with van der Waals surface area (Å²) in [4.78, 5) is 3.94. The first-order valence-electron chi connectivity index (χ1n) is 3.09. The van der Waals surface area contributed by atoms with E-state index in [-0.39, 0.29) is 0 Å². The maximum absolute atomic E-state index is 3.94. The average Bonchev–Trinajstić information content (AvgIpc) is 2.05. The highest BCUT2D eigenvalue weighted by Crippen LogP contribution is 2.08. The van der Waals surface area contributed by atoms with Crippen molar-refractivity contribution in [3.63, 3.8) is 0 Å². The molecule has 1 aromatic carbocycles. The molecule has 0 bridgehead atoms. The fraction of sp³-hybridized carbons (Fsp3) is 0. The molecule has 0 aliphatic carbocycles. The second-order valence-corrected chi connectivity index (χ2v) is 2.05. The normalized spacial score (nSPS) is 10.0. The summed E-state index contributed by atoms with van der Waals surface area (Å²) in [5.41, 5.74) is 0. The van der Waals surface area contributed by atoms with Gasteiger partial charge in [-0.15, -0.1) is 0 Å². The van der Waals surface area contributed by atoms with Crippen LogP contribution in [0.2, 0.25) is 0 Å². The van der Waals surface area contributed by atoms with Crippen LogP contribution in [0.5, 0.6) is 0 Å². The lowest BCUT2D eigenvalue weighted by molar-refractivity contribution is 1.36. The molecule has 1 heterocycles. The molecule has 46 valence electrons. The van der Waals surface area contributed by atoms with Crippen LogP contribution in [0.3, 0.4) is 0 Å². The Hall–Kier alpha value is -1.37. The van der Waals surface area contributed by atoms with Crippen LogP contribution in [0.15, 0.2) is 30.6 Å². The van der Waals surface area contributed by atoms with Gasteiger partial charge in [-0.2, -0.15) is 0 Å². The minimum Gasteiger partial charge on any atom is -0.263 e. The molecule has 10 heavy (non-hydrogen) atoms. The topological polar surface area (TPSA) is 12.9 Å². The van der Waals surface area contributed by atoms with Crippen molar-refractivity contribution in [3.05, 3.63) is 42.7 Å². The third kappa shape index (κ3) is 0.760. The standard InChI is InChI=1S/C9H5N/c1-2-4-9-7-10-6-5-8(9)3-1/h1-2,4,6-7H. The van der Waals surface area contributed by atoms with Gasteiger partial charge >= 0.3 is 0 Å². The van der Waals surface area contributed by atoms with Crippen LogP contribution in [-0.4, -0.2) is 4.98 Å². The highest BCUT2D eigenvalue weighted by molar-refractivity contribution is 5.79. The van der Waals surface area contributed by atoms with E-state index in [9.17, 15) is 0 Å². The van der Waals surface area contributed by atoms with Crippen molar-refractivity contribution < 1.29 is 0 Å². The number of nitrogens with zero attached hydrogens (tertiary/aromatic N) is 1. The summed E-state index contributed by atoms with van der Waals surface area (Å²) in [6.07, 6.45) is 3.46. The molecule has 0 N–H and O–H groups in total. The molecule has 0 atom stereocenters. The highest BCUT2D eigenvalue weighted by atomic mass is 14.6. The molecule has 1 heteroatoms. The quantitative estimate of drug-likeness (QED) is 0.526. The van der Waals surface area contributed by atoms with Gasteiger partial charge in [0.05, 0.1) is 0 Å². The molecular weight excluding hydrogens is 122 g/mol. The SMILES string of the molecule is [c]1cccc2cnc[c]c12. The monoisotopic (exact) mass is 127 g/mol. The van der Waals surface area contributed by atoms with Crippen molar-refractivity contribution >= 4 is 10.8 Å². The maximum atomic E-state index is 3.94. The minimum atomic E-state index is 0.998. The van der Waals surface area contributed by atoms with Crippen molar-refractivity contribution in [1.29, 1.82) is 0 Å². The Morgan fingerprint density at radius 1 is 1.30 bits per heavy atom. The summed E-state index contributed by atoms with van der Waals surface area (Å²) >= 11 is 0. The van der Waals surface area contributed by atoms with Crippen LogP contribution in [0, 0.1) is 12.1 Å². The first-order valence-corrected chi connectivity index (χ1v) is 3.09. The van der Waals surface area contributed by atoms with Crippen LogP contribution in [0.1, 0.15) is 0 Å². The van der Waals surface area contributed by atoms with Gasteiger partial charge < -0.3 is 0 Å². The molecular formula is C9H5N. The van der Waals surface area contributed by atoms with Gasteiger partial charge in [0.15, 0.2) is 0 Å². The molecule has 0 saturated heterocycles. The van der Waals surface area contributed by atoms with Crippen LogP contribution in [-0.2, 0) is 0 Å². The van der Waals surface area contributed by atoms with Crippen LogP contribution < -0.4 is 0 Å². The first kappa shape index (κ1) is 5.42. The second kappa shape index (κ2) is 2.10. The molecule has 0 spiro atoms. The number of rotatable bonds is 0. The summed E-state index contributed by atoms with van der Waals surface area (Å²) in [5.74, 6) is 0. The molecule has 2 radical (unpaired) electrons. The zero-order chi connectivity index (χ0) is 6.81. The van der Waals surface area contributed by atoms with E-state index in [2.05, 4.69) is 17.1 Å². The van der Waals surface area contributed by atoms with Crippen molar-refractivity contribution in [2.75, 3.05) is 0 Å². The van der Waals surface area contributed by atoms with Crippen LogP contribution in [0.4, 0.5) is 0 Å². The Morgan fingerprint density at radius 3 is 3.20 bits per heavy atom. The summed E-state index contributed by atoms with van der Waals surface area (Å²) in [5, 5.41) is 2.09. The Balaban J connectivity index is 2.89. The molecule has 0 amide bonds. The fourth-order valence-electron chi connectivity index (χ4n) is 0.902. The minimum absolute atomic E-state index is 0.998. The Labute approximate surface area is 59.3 Å². The average molecular weight is 127 g/mol. The molecule has 0 aliphatic heterocycles. The van der Waals surface area contributed by atoms with E-state index < -0.39 is 0 Å². The van der Waals surface area contributed by atoms with Crippen molar-refractivity contribution in [3.8, 4) is 0 Å². The fourth-order valence-corrected chi connectivity index (χ4v) is 0.902. The molecule has 2 aromatic rings. The Kier molecular flexibility index (Phi) is 1.14. The predicted molar refractivity (Wildman–Crippen MR) is 39.4 cm³/mol. The van der Waals surface area contributed by atoms with E-state index in [1.54, 1.807) is 6.20 Å². The number of hydrogen-bond acceptors (Lipinski definition) is 1. The molecule has 0 unspecified atom stereocenters. The lowest BCUT2D eigenvalue weighted by Gasteiger charge is -1.90. The number of benzene rings is 1. The smallest absolute Gasteiger partial charge is 0.0353 e. The Morgan fingerprint density at radius 2 is 2.30 bits per heavy atom. The van der Waals surface area contributed by atoms with E-state index in [4.69, 9.17) is 0 Å². The summed E-state index contributed by atoms with van der Waals surface area (Å²) in [7, 11) is 0. The number of fused-ring (bicyclic) bond motifs is 1. The van der Waals surface area contributed by atoms with Gasteiger partial charge in [-0.05, 0) is 6.07 Å². The third-order valence-electron chi connectivity index (χ3n) is 1.39. The molecule has 1 aromatic heterocycles. The maximum Gasteiger partial charge on any atom is 0.0353 e. The summed E-state index contributed by atoms with van der Waals surface area (Å²) in [6, 6.07) is 11.9. The van der Waals surface area contributed by atoms with E-state index in [1.165, 1.54) is 0 Å². The van der Waals surface area contributed by atoms with Gasteiger partial charge in [0.1, 0.15) is 0 Å². The van der Waals surface area contributed by atoms with Gasteiger partial charge in [0.2, 0.25) is 0 Å². The van der Waals surface area contributed by atoms with Crippen molar-refractivity contribution in [2.24, 2.45) is 0 Å². The summed E-state index contributed by atoms with van der Waals surface area (Å²) in [6.45, 7) is 0. The van der Waals surface area contributed by atoms with E-state index >= 15 is 0 Å². The van der Waals surface area contributed by atoms with E-state index in [1.807, 2.05) is 24.4 Å². The number of hydrogen-bond donors (Lipinski definition) is 0. The van der Waals surface area contributed by atoms with Gasteiger partial charge in [0, 0.05) is 29.2 Å². The van der Waals surface area contributed by atoms with Gasteiger partial charge in [-0.3, -0.25) is 4.98 Å². The third-order valence-corrected chi connectivity index (χ3v) is 1.39. The summed E-state index contributed by atoms with van der Waals surface area (Å²) < 4.78 is 0. The number of aromatic nitrogens is 1. The zero-order valence-corrected chi connectivity index (χ0v) is 5.33. The van der Waals surface area contributed by atoms with Crippen molar-refractivity contribution in [1.82, 2.24) is 4.98 Å². The molecule has 0 fully saturated rings.